The van der Waals surface area contributed by atoms with Crippen molar-refractivity contribution in [2.45, 2.75) is 19.8 Å². The van der Waals surface area contributed by atoms with Gasteiger partial charge in [0, 0.05) is 25.5 Å². The summed E-state index contributed by atoms with van der Waals surface area (Å²) < 4.78 is 7.28. The average Bonchev–Trinajstić information content (AvgIpc) is 2.82. The van der Waals surface area contributed by atoms with Crippen LogP contribution in [0.5, 0.6) is 0 Å². The van der Waals surface area contributed by atoms with Gasteiger partial charge in [-0.2, -0.15) is 5.10 Å². The van der Waals surface area contributed by atoms with Crippen molar-refractivity contribution in [3.05, 3.63) is 24.7 Å². The summed E-state index contributed by atoms with van der Waals surface area (Å²) in [4.78, 5) is 4.29. The van der Waals surface area contributed by atoms with E-state index in [0.29, 0.717) is 6.61 Å². The molecule has 0 aliphatic carbocycles. The number of rotatable bonds is 7. The largest absolute Gasteiger partial charge is 0.380 e. The highest BCUT2D eigenvalue weighted by Gasteiger charge is 2.01. The van der Waals surface area contributed by atoms with Gasteiger partial charge in [0.15, 0.2) is 5.82 Å². The lowest BCUT2D eigenvalue weighted by Gasteiger charge is -2.07. The van der Waals surface area contributed by atoms with Crippen LogP contribution in [0.1, 0.15) is 19.8 Å². The lowest BCUT2D eigenvalue weighted by atomic mass is 10.4. The average molecular weight is 234 g/mol. The molecule has 0 aliphatic heterocycles. The minimum absolute atomic E-state index is 0.705. The summed E-state index contributed by atoms with van der Waals surface area (Å²) in [5.74, 6) is 0.851. The van der Waals surface area contributed by atoms with Crippen LogP contribution < -0.4 is 5.32 Å². The van der Waals surface area contributed by atoms with Crippen LogP contribution in [0.2, 0.25) is 0 Å². The molecule has 0 spiro atoms. The van der Waals surface area contributed by atoms with Crippen molar-refractivity contribution in [3.8, 4) is 0 Å². The third kappa shape index (κ3) is 3.17. The second kappa shape index (κ2) is 6.20. The summed E-state index contributed by atoms with van der Waals surface area (Å²) in [6.45, 7) is 4.47. The molecule has 0 saturated heterocycles. The van der Waals surface area contributed by atoms with Gasteiger partial charge in [-0.1, -0.05) is 13.3 Å². The summed E-state index contributed by atoms with van der Waals surface area (Å²) in [6.07, 6.45) is 7.62. The number of anilines is 1. The molecule has 5 heteroatoms. The van der Waals surface area contributed by atoms with Crippen LogP contribution in [0.4, 0.5) is 5.82 Å². The van der Waals surface area contributed by atoms with E-state index in [1.807, 2.05) is 12.3 Å². The van der Waals surface area contributed by atoms with E-state index >= 15 is 0 Å². The summed E-state index contributed by atoms with van der Waals surface area (Å²) in [7, 11) is 0. The van der Waals surface area contributed by atoms with Crippen molar-refractivity contribution in [2.24, 2.45) is 0 Å². The zero-order chi connectivity index (χ0) is 11.9. The zero-order valence-electron chi connectivity index (χ0n) is 10.1. The van der Waals surface area contributed by atoms with E-state index < -0.39 is 0 Å². The number of fused-ring (bicyclic) bond motifs is 1. The fourth-order valence-corrected chi connectivity index (χ4v) is 1.58. The normalized spacial score (nSPS) is 10.9. The van der Waals surface area contributed by atoms with Crippen molar-refractivity contribution >= 4 is 11.3 Å². The summed E-state index contributed by atoms with van der Waals surface area (Å²) in [6, 6.07) is 1.94. The van der Waals surface area contributed by atoms with E-state index in [9.17, 15) is 0 Å². The fourth-order valence-electron chi connectivity index (χ4n) is 1.58. The highest BCUT2D eigenvalue weighted by atomic mass is 16.5. The van der Waals surface area contributed by atoms with Crippen molar-refractivity contribution in [3.63, 3.8) is 0 Å². The molecule has 0 fully saturated rings. The van der Waals surface area contributed by atoms with Gasteiger partial charge in [-0.3, -0.25) is 0 Å². The van der Waals surface area contributed by atoms with E-state index in [1.54, 1.807) is 16.9 Å². The van der Waals surface area contributed by atoms with Crippen LogP contribution in [0.25, 0.3) is 5.52 Å². The highest BCUT2D eigenvalue weighted by Crippen LogP contribution is 2.11. The summed E-state index contributed by atoms with van der Waals surface area (Å²) in [5, 5.41) is 7.41. The van der Waals surface area contributed by atoms with Gasteiger partial charge in [0.05, 0.1) is 12.8 Å². The fraction of sp³-hybridized carbons (Fsp3) is 0.500. The molecule has 0 radical (unpaired) electrons. The van der Waals surface area contributed by atoms with Crippen LogP contribution in [0.15, 0.2) is 24.7 Å². The maximum Gasteiger partial charge on any atom is 0.152 e. The number of nitrogens with zero attached hydrogens (tertiary/aromatic N) is 3. The third-order valence-corrected chi connectivity index (χ3v) is 2.51. The second-order valence-corrected chi connectivity index (χ2v) is 3.83. The predicted octanol–water partition coefficient (Wildman–Crippen LogP) is 1.96. The van der Waals surface area contributed by atoms with E-state index in [4.69, 9.17) is 4.74 Å². The molecule has 0 aromatic carbocycles. The molecule has 0 aliphatic rings. The Hall–Kier alpha value is -1.62. The molecule has 2 aromatic heterocycles. The zero-order valence-corrected chi connectivity index (χ0v) is 10.1. The molecule has 92 valence electrons. The number of hydrogen-bond acceptors (Lipinski definition) is 4. The maximum atomic E-state index is 5.48. The van der Waals surface area contributed by atoms with E-state index in [-0.39, 0.29) is 0 Å². The highest BCUT2D eigenvalue weighted by molar-refractivity contribution is 5.66. The first-order chi connectivity index (χ1) is 8.42. The maximum absolute atomic E-state index is 5.48. The molecule has 17 heavy (non-hydrogen) atoms. The van der Waals surface area contributed by atoms with Gasteiger partial charge in [0.2, 0.25) is 0 Å². The smallest absolute Gasteiger partial charge is 0.152 e. The van der Waals surface area contributed by atoms with Gasteiger partial charge in [-0.25, -0.2) is 9.50 Å². The van der Waals surface area contributed by atoms with Crippen molar-refractivity contribution < 1.29 is 4.74 Å². The van der Waals surface area contributed by atoms with Crippen molar-refractivity contribution in [1.29, 1.82) is 0 Å². The predicted molar refractivity (Wildman–Crippen MR) is 67.2 cm³/mol. The number of hydrogen-bond donors (Lipinski definition) is 1. The minimum Gasteiger partial charge on any atom is -0.380 e. The second-order valence-electron chi connectivity index (χ2n) is 3.83. The molecule has 2 aromatic rings. The molecule has 0 unspecified atom stereocenters. The Morgan fingerprint density at radius 2 is 2.29 bits per heavy atom. The Labute approximate surface area is 101 Å². The SMILES string of the molecule is CCCCOCCNc1nccn2nccc12. The van der Waals surface area contributed by atoms with Gasteiger partial charge in [-0.15, -0.1) is 0 Å². The molecule has 0 amide bonds. The molecular weight excluding hydrogens is 216 g/mol. The minimum atomic E-state index is 0.705. The third-order valence-electron chi connectivity index (χ3n) is 2.51. The van der Waals surface area contributed by atoms with Crippen molar-refractivity contribution in [2.75, 3.05) is 25.1 Å². The Balaban J connectivity index is 1.80. The lowest BCUT2D eigenvalue weighted by Crippen LogP contribution is -2.11. The van der Waals surface area contributed by atoms with Crippen LogP contribution in [-0.4, -0.2) is 34.4 Å². The summed E-state index contributed by atoms with van der Waals surface area (Å²) in [5.41, 5.74) is 0.987. The first-order valence-electron chi connectivity index (χ1n) is 6.02. The van der Waals surface area contributed by atoms with Crippen LogP contribution in [0.3, 0.4) is 0 Å². The topological polar surface area (TPSA) is 51.5 Å². The number of unbranched alkanes of at least 4 members (excludes halogenated alkanes) is 1. The van der Waals surface area contributed by atoms with E-state index in [2.05, 4.69) is 22.3 Å². The monoisotopic (exact) mass is 234 g/mol. The quantitative estimate of drug-likeness (QED) is 0.744. The first-order valence-corrected chi connectivity index (χ1v) is 6.02. The van der Waals surface area contributed by atoms with Gasteiger partial charge in [0.1, 0.15) is 5.52 Å². The number of ether oxygens (including phenoxy) is 1. The van der Waals surface area contributed by atoms with Gasteiger partial charge >= 0.3 is 0 Å². The standard InChI is InChI=1S/C12H18N4O/c1-2-3-9-17-10-7-14-12-11-4-5-15-16(11)8-6-13-12/h4-6,8H,2-3,7,9-10H2,1H3,(H,13,14). The Morgan fingerprint density at radius 3 is 3.18 bits per heavy atom. The number of aromatic nitrogens is 3. The van der Waals surface area contributed by atoms with E-state index in [0.717, 1.165) is 30.9 Å². The van der Waals surface area contributed by atoms with Crippen molar-refractivity contribution in [1.82, 2.24) is 14.6 Å². The Bertz CT molecular complexity index is 454. The van der Waals surface area contributed by atoms with E-state index in [1.165, 1.54) is 6.42 Å². The lowest BCUT2D eigenvalue weighted by molar-refractivity contribution is 0.141. The molecule has 5 nitrogen and oxygen atoms in total. The van der Waals surface area contributed by atoms with Crippen LogP contribution in [-0.2, 0) is 4.74 Å². The summed E-state index contributed by atoms with van der Waals surface area (Å²) >= 11 is 0. The molecular formula is C12H18N4O. The van der Waals surface area contributed by atoms with Gasteiger partial charge in [-0.05, 0) is 12.5 Å². The van der Waals surface area contributed by atoms with Gasteiger partial charge < -0.3 is 10.1 Å². The molecule has 2 heterocycles. The molecule has 2 rings (SSSR count). The first kappa shape index (κ1) is 11.9. The van der Waals surface area contributed by atoms with Crippen LogP contribution >= 0.6 is 0 Å². The van der Waals surface area contributed by atoms with Crippen LogP contribution in [0, 0.1) is 0 Å². The number of nitrogens with one attached hydrogen (secondary N) is 1. The Morgan fingerprint density at radius 1 is 1.35 bits per heavy atom. The molecule has 0 saturated carbocycles. The Kier molecular flexibility index (Phi) is 4.32. The molecule has 0 atom stereocenters. The molecule has 1 N–H and O–H groups in total. The molecule has 0 bridgehead atoms. The van der Waals surface area contributed by atoms with Gasteiger partial charge in [0.25, 0.3) is 0 Å².